The number of nitrogens with zero attached hydrogens (tertiary/aromatic N) is 2. The molecule has 3 aromatic rings. The second-order valence-electron chi connectivity index (χ2n) is 6.50. The van der Waals surface area contributed by atoms with Crippen LogP contribution in [0.3, 0.4) is 0 Å². The van der Waals surface area contributed by atoms with Gasteiger partial charge in [0.25, 0.3) is 0 Å². The highest BCUT2D eigenvalue weighted by Crippen LogP contribution is 2.46. The first kappa shape index (κ1) is 17.3. The summed E-state index contributed by atoms with van der Waals surface area (Å²) in [6.07, 6.45) is 1.64. The van der Waals surface area contributed by atoms with E-state index in [0.29, 0.717) is 27.3 Å². The van der Waals surface area contributed by atoms with Crippen molar-refractivity contribution in [1.82, 2.24) is 4.98 Å². The number of rotatable bonds is 4. The van der Waals surface area contributed by atoms with E-state index < -0.39 is 12.0 Å². The molecule has 3 heterocycles. The van der Waals surface area contributed by atoms with Crippen molar-refractivity contribution >= 4 is 50.6 Å². The Kier molecular flexibility index (Phi) is 4.00. The molecular formula is C19H17N3O4S. The minimum atomic E-state index is -1.08. The number of thiophene rings is 1. The summed E-state index contributed by atoms with van der Waals surface area (Å²) in [5, 5.41) is 12.8. The lowest BCUT2D eigenvalue weighted by Gasteiger charge is -2.29. The number of benzene rings is 1. The molecule has 4 rings (SSSR count). The number of carboxylic acids is 1. The number of amides is 2. The molecule has 0 saturated heterocycles. The summed E-state index contributed by atoms with van der Waals surface area (Å²) >= 11 is 1.05. The molecule has 0 saturated carbocycles. The predicted molar refractivity (Wildman–Crippen MR) is 105 cm³/mol. The lowest BCUT2D eigenvalue weighted by Crippen LogP contribution is -2.34. The summed E-state index contributed by atoms with van der Waals surface area (Å²) in [5.41, 5.74) is 2.49. The van der Waals surface area contributed by atoms with Gasteiger partial charge < -0.3 is 15.2 Å². The van der Waals surface area contributed by atoms with Crippen molar-refractivity contribution in [3.05, 3.63) is 40.9 Å². The molecule has 0 atom stereocenters. The van der Waals surface area contributed by atoms with Crippen molar-refractivity contribution in [2.24, 2.45) is 0 Å². The summed E-state index contributed by atoms with van der Waals surface area (Å²) in [6.45, 7) is 5.81. The van der Waals surface area contributed by atoms with Crippen LogP contribution in [0.1, 0.15) is 29.1 Å². The topological polar surface area (TPSA) is 91.8 Å². The highest BCUT2D eigenvalue weighted by atomic mass is 32.1. The minimum absolute atomic E-state index is 0.0520. The van der Waals surface area contributed by atoms with Crippen LogP contribution in [0.4, 0.5) is 21.9 Å². The second-order valence-corrected chi connectivity index (χ2v) is 7.50. The first-order valence-corrected chi connectivity index (χ1v) is 9.21. The third-order valence-corrected chi connectivity index (χ3v) is 5.31. The number of urea groups is 1. The zero-order chi connectivity index (χ0) is 19.3. The molecule has 0 bridgehead atoms. The van der Waals surface area contributed by atoms with Crippen molar-refractivity contribution < 1.29 is 19.4 Å². The number of anilines is 3. The van der Waals surface area contributed by atoms with Gasteiger partial charge in [-0.3, -0.25) is 4.90 Å². The Balaban J connectivity index is 1.88. The Morgan fingerprint density at radius 3 is 2.74 bits per heavy atom. The highest BCUT2D eigenvalue weighted by molar-refractivity contribution is 7.21. The fourth-order valence-electron chi connectivity index (χ4n) is 3.20. The van der Waals surface area contributed by atoms with Gasteiger partial charge in [0.1, 0.15) is 15.5 Å². The Morgan fingerprint density at radius 2 is 2.07 bits per heavy atom. The normalized spacial score (nSPS) is 13.2. The number of aromatic carboxylic acids is 1. The maximum absolute atomic E-state index is 12.9. The third-order valence-electron chi connectivity index (χ3n) is 4.22. The largest absolute Gasteiger partial charge is 0.491 e. The molecule has 0 spiro atoms. The molecule has 0 unspecified atom stereocenters. The first-order valence-electron chi connectivity index (χ1n) is 8.40. The monoisotopic (exact) mass is 383 g/mol. The third kappa shape index (κ3) is 2.78. The van der Waals surface area contributed by atoms with Crippen molar-refractivity contribution in [2.45, 2.75) is 26.9 Å². The van der Waals surface area contributed by atoms with Crippen LogP contribution in [-0.2, 0) is 0 Å². The van der Waals surface area contributed by atoms with Crippen LogP contribution in [0.25, 0.3) is 10.2 Å². The quantitative estimate of drug-likeness (QED) is 0.677. The zero-order valence-corrected chi connectivity index (χ0v) is 15.8. The predicted octanol–water partition coefficient (Wildman–Crippen LogP) is 4.77. The molecule has 0 fully saturated rings. The Morgan fingerprint density at radius 1 is 1.30 bits per heavy atom. The van der Waals surface area contributed by atoms with Gasteiger partial charge in [-0.2, -0.15) is 0 Å². The number of pyridine rings is 1. The van der Waals surface area contributed by atoms with Gasteiger partial charge in [-0.1, -0.05) is 0 Å². The molecule has 0 radical (unpaired) electrons. The molecular weight excluding hydrogens is 366 g/mol. The second kappa shape index (κ2) is 6.24. The van der Waals surface area contributed by atoms with Gasteiger partial charge in [0.2, 0.25) is 0 Å². The van der Waals surface area contributed by atoms with E-state index in [1.807, 2.05) is 39.0 Å². The number of aromatic nitrogens is 1. The first-order chi connectivity index (χ1) is 12.9. The summed E-state index contributed by atoms with van der Waals surface area (Å²) < 4.78 is 5.72. The standard InChI is InChI=1S/C19H17N3O4S/c1-9(2)26-11-4-5-12(10(3)8-11)22-13-6-7-20-17-14(13)15(21-19(22)25)16(27-17)18(23)24/h4-9H,1-3H3,(H,21,25)(H,23,24). The zero-order valence-electron chi connectivity index (χ0n) is 14.9. The van der Waals surface area contributed by atoms with E-state index >= 15 is 0 Å². The lowest BCUT2D eigenvalue weighted by molar-refractivity contribution is 0.0703. The summed E-state index contributed by atoms with van der Waals surface area (Å²) in [4.78, 5) is 30.9. The average molecular weight is 383 g/mol. The molecule has 138 valence electrons. The number of carbonyl (C=O) groups is 2. The van der Waals surface area contributed by atoms with Gasteiger partial charge in [0, 0.05) is 6.20 Å². The fraction of sp³-hybridized carbons (Fsp3) is 0.211. The summed E-state index contributed by atoms with van der Waals surface area (Å²) in [6, 6.07) is 6.85. The molecule has 1 aliphatic rings. The molecule has 7 nitrogen and oxygen atoms in total. The number of nitrogens with one attached hydrogen (secondary N) is 1. The number of carboxylic acid groups (broad SMARTS) is 1. The van der Waals surface area contributed by atoms with E-state index in [1.54, 1.807) is 17.2 Å². The smallest absolute Gasteiger partial charge is 0.348 e. The van der Waals surface area contributed by atoms with Gasteiger partial charge in [0.05, 0.1) is 28.6 Å². The van der Waals surface area contributed by atoms with Crippen LogP contribution in [0.15, 0.2) is 30.5 Å². The van der Waals surface area contributed by atoms with E-state index in [9.17, 15) is 14.7 Å². The van der Waals surface area contributed by atoms with Crippen molar-refractivity contribution in [3.63, 3.8) is 0 Å². The van der Waals surface area contributed by atoms with Gasteiger partial charge in [0.15, 0.2) is 0 Å². The number of hydrogen-bond donors (Lipinski definition) is 2. The van der Waals surface area contributed by atoms with Gasteiger partial charge in [-0.15, -0.1) is 11.3 Å². The van der Waals surface area contributed by atoms with Crippen LogP contribution < -0.4 is 15.0 Å². The summed E-state index contributed by atoms with van der Waals surface area (Å²) in [5.74, 6) is -0.355. The fourth-order valence-corrected chi connectivity index (χ4v) is 4.16. The number of ether oxygens (including phenoxy) is 1. The van der Waals surface area contributed by atoms with Crippen molar-refractivity contribution in [2.75, 3.05) is 10.2 Å². The number of aryl methyl sites for hydroxylation is 1. The maximum Gasteiger partial charge on any atom is 0.348 e. The summed E-state index contributed by atoms with van der Waals surface area (Å²) in [7, 11) is 0. The SMILES string of the molecule is Cc1cc(OC(C)C)ccc1N1C(=O)Nc2c(C(=O)O)sc3nccc1c23. The van der Waals surface area contributed by atoms with E-state index in [4.69, 9.17) is 4.74 Å². The van der Waals surface area contributed by atoms with Crippen LogP contribution in [-0.4, -0.2) is 28.2 Å². The molecule has 8 heteroatoms. The van der Waals surface area contributed by atoms with E-state index in [-0.39, 0.29) is 11.0 Å². The lowest BCUT2D eigenvalue weighted by atomic mass is 10.1. The Bertz CT molecular complexity index is 1090. The van der Waals surface area contributed by atoms with Crippen molar-refractivity contribution in [1.29, 1.82) is 0 Å². The van der Waals surface area contributed by atoms with Crippen LogP contribution in [0.5, 0.6) is 5.75 Å². The number of hydrogen-bond acceptors (Lipinski definition) is 5. The number of carbonyl (C=O) groups excluding carboxylic acids is 1. The van der Waals surface area contributed by atoms with E-state index in [1.165, 1.54) is 0 Å². The maximum atomic E-state index is 12.9. The molecule has 1 aromatic carbocycles. The molecule has 2 aromatic heterocycles. The van der Waals surface area contributed by atoms with Crippen LogP contribution in [0, 0.1) is 6.92 Å². The molecule has 27 heavy (non-hydrogen) atoms. The van der Waals surface area contributed by atoms with Gasteiger partial charge in [-0.05, 0) is 50.6 Å². The molecule has 0 aliphatic carbocycles. The van der Waals surface area contributed by atoms with Gasteiger partial charge in [-0.25, -0.2) is 14.6 Å². The van der Waals surface area contributed by atoms with Crippen LogP contribution in [0.2, 0.25) is 0 Å². The van der Waals surface area contributed by atoms with Crippen LogP contribution >= 0.6 is 11.3 Å². The van der Waals surface area contributed by atoms with Crippen molar-refractivity contribution in [3.8, 4) is 5.75 Å². The molecule has 2 N–H and O–H groups in total. The van der Waals surface area contributed by atoms with Gasteiger partial charge >= 0.3 is 12.0 Å². The average Bonchev–Trinajstić information content (AvgIpc) is 2.96. The highest BCUT2D eigenvalue weighted by Gasteiger charge is 2.33. The molecule has 2 amide bonds. The Hall–Kier alpha value is -3.13. The van der Waals surface area contributed by atoms with E-state index in [2.05, 4.69) is 10.3 Å². The molecule has 1 aliphatic heterocycles. The van der Waals surface area contributed by atoms with E-state index in [0.717, 1.165) is 22.6 Å². The minimum Gasteiger partial charge on any atom is -0.491 e. The Labute approximate surface area is 159 Å².